The first-order valence-electron chi connectivity index (χ1n) is 7.93. The van der Waals surface area contributed by atoms with Gasteiger partial charge in [-0.05, 0) is 25.6 Å². The quantitative estimate of drug-likeness (QED) is 0.638. The molecule has 1 aromatic carbocycles. The van der Waals surface area contributed by atoms with Crippen LogP contribution in [-0.4, -0.2) is 42.9 Å². The lowest BCUT2D eigenvalue weighted by molar-refractivity contribution is 0.0816. The van der Waals surface area contributed by atoms with Crippen LogP contribution in [0, 0.1) is 6.57 Å². The molecule has 0 bridgehead atoms. The number of benzene rings is 1. The molecule has 0 radical (unpaired) electrons. The second kappa shape index (κ2) is 4.98. The minimum Gasteiger partial charge on any atom is -0.493 e. The molecule has 0 fully saturated rings. The van der Waals surface area contributed by atoms with Gasteiger partial charge in [-0.1, -0.05) is 12.2 Å². The van der Waals surface area contributed by atoms with Crippen molar-refractivity contribution in [2.45, 2.75) is 36.6 Å². The highest BCUT2D eigenvalue weighted by molar-refractivity contribution is 5.62. The normalized spacial score (nSPS) is 34.8. The van der Waals surface area contributed by atoms with E-state index in [4.69, 9.17) is 16.0 Å². The maximum Gasteiger partial charge on any atom is 0.305 e. The van der Waals surface area contributed by atoms with Gasteiger partial charge >= 0.3 is 6.17 Å². The van der Waals surface area contributed by atoms with E-state index in [1.807, 2.05) is 25.3 Å². The van der Waals surface area contributed by atoms with Gasteiger partial charge in [0.05, 0.1) is 24.2 Å². The van der Waals surface area contributed by atoms with Crippen LogP contribution in [0.1, 0.15) is 30.1 Å². The van der Waals surface area contributed by atoms with Crippen molar-refractivity contribution in [2.24, 2.45) is 0 Å². The summed E-state index contributed by atoms with van der Waals surface area (Å²) in [6, 6.07) is 3.88. The zero-order chi connectivity index (χ0) is 16.2. The van der Waals surface area contributed by atoms with Crippen molar-refractivity contribution in [2.75, 3.05) is 20.7 Å². The zero-order valence-electron chi connectivity index (χ0n) is 13.3. The molecule has 1 unspecified atom stereocenters. The van der Waals surface area contributed by atoms with Crippen molar-refractivity contribution < 1.29 is 14.6 Å². The lowest BCUT2D eigenvalue weighted by Gasteiger charge is -2.35. The first kappa shape index (κ1) is 14.6. The van der Waals surface area contributed by atoms with Crippen LogP contribution in [0.25, 0.3) is 4.85 Å². The maximum atomic E-state index is 10.0. The van der Waals surface area contributed by atoms with Crippen molar-refractivity contribution in [3.05, 3.63) is 46.8 Å². The van der Waals surface area contributed by atoms with Crippen molar-refractivity contribution in [1.82, 2.24) is 4.90 Å². The monoisotopic (exact) mass is 312 g/mol. The molecule has 2 heterocycles. The highest BCUT2D eigenvalue weighted by atomic mass is 16.5. The molecule has 5 heteroatoms. The van der Waals surface area contributed by atoms with Crippen LogP contribution in [0.5, 0.6) is 11.5 Å². The Hall–Kier alpha value is -2.03. The molecule has 0 amide bonds. The molecule has 1 spiro atoms. The molecule has 5 nitrogen and oxygen atoms in total. The first-order valence-corrected chi connectivity index (χ1v) is 7.93. The van der Waals surface area contributed by atoms with Crippen LogP contribution >= 0.6 is 0 Å². The SMILES string of the molecule is [C-]#[N+]C1c2ccc(OC)c3c2[C@@]2(C=C[C@@H](O)C[C@@H]2O3)CCN1C. The van der Waals surface area contributed by atoms with E-state index >= 15 is 0 Å². The van der Waals surface area contributed by atoms with E-state index in [1.54, 1.807) is 7.11 Å². The van der Waals surface area contributed by atoms with E-state index in [-0.39, 0.29) is 17.7 Å². The Labute approximate surface area is 135 Å². The lowest BCUT2D eigenvalue weighted by atomic mass is 9.69. The van der Waals surface area contributed by atoms with Crippen LogP contribution in [0.3, 0.4) is 0 Å². The van der Waals surface area contributed by atoms with Gasteiger partial charge in [0.1, 0.15) is 6.10 Å². The van der Waals surface area contributed by atoms with Crippen LogP contribution < -0.4 is 9.47 Å². The Bertz CT molecular complexity index is 724. The molecule has 4 atom stereocenters. The fraction of sp³-hybridized carbons (Fsp3) is 0.500. The smallest absolute Gasteiger partial charge is 0.305 e. The third-order valence-corrected chi connectivity index (χ3v) is 5.44. The van der Waals surface area contributed by atoms with Gasteiger partial charge in [-0.3, -0.25) is 4.85 Å². The predicted molar refractivity (Wildman–Crippen MR) is 85.4 cm³/mol. The van der Waals surface area contributed by atoms with Gasteiger partial charge in [-0.25, -0.2) is 11.5 Å². The van der Waals surface area contributed by atoms with E-state index < -0.39 is 6.10 Å². The predicted octanol–water partition coefficient (Wildman–Crippen LogP) is 2.27. The Morgan fingerprint density at radius 3 is 3.04 bits per heavy atom. The van der Waals surface area contributed by atoms with E-state index in [0.717, 1.165) is 29.8 Å². The summed E-state index contributed by atoms with van der Waals surface area (Å²) < 4.78 is 11.7. The summed E-state index contributed by atoms with van der Waals surface area (Å²) in [4.78, 5) is 5.94. The van der Waals surface area contributed by atoms with Crippen LogP contribution in [-0.2, 0) is 5.41 Å². The van der Waals surface area contributed by atoms with E-state index in [9.17, 15) is 5.11 Å². The fourth-order valence-corrected chi connectivity index (χ4v) is 4.25. The third-order valence-electron chi connectivity index (χ3n) is 5.44. The highest BCUT2D eigenvalue weighted by Gasteiger charge is 2.54. The highest BCUT2D eigenvalue weighted by Crippen LogP contribution is 2.57. The Morgan fingerprint density at radius 2 is 2.30 bits per heavy atom. The van der Waals surface area contributed by atoms with Crippen molar-refractivity contribution in [1.29, 1.82) is 0 Å². The Morgan fingerprint density at radius 1 is 1.48 bits per heavy atom. The van der Waals surface area contributed by atoms with Crippen molar-refractivity contribution in [3.8, 4) is 11.5 Å². The first-order chi connectivity index (χ1) is 11.1. The number of hydrogen-bond acceptors (Lipinski definition) is 4. The van der Waals surface area contributed by atoms with Gasteiger partial charge in [-0.15, -0.1) is 0 Å². The minimum absolute atomic E-state index is 0.106. The van der Waals surface area contributed by atoms with E-state index in [1.165, 1.54) is 0 Å². The summed E-state index contributed by atoms with van der Waals surface area (Å²) in [7, 11) is 3.63. The summed E-state index contributed by atoms with van der Waals surface area (Å²) >= 11 is 0. The van der Waals surface area contributed by atoms with Gasteiger partial charge in [0.25, 0.3) is 0 Å². The van der Waals surface area contributed by atoms with Gasteiger partial charge in [0, 0.05) is 18.5 Å². The number of aliphatic hydroxyl groups is 1. The molecule has 23 heavy (non-hydrogen) atoms. The molecule has 0 aromatic heterocycles. The second-order valence-corrected chi connectivity index (χ2v) is 6.60. The average Bonchev–Trinajstić information content (AvgIpc) is 2.82. The molecule has 0 saturated carbocycles. The topological polar surface area (TPSA) is 46.3 Å². The molecule has 2 aliphatic heterocycles. The van der Waals surface area contributed by atoms with E-state index in [0.29, 0.717) is 12.2 Å². The summed E-state index contributed by atoms with van der Waals surface area (Å²) in [6.07, 6.45) is 4.52. The molecule has 3 aliphatic rings. The molecule has 1 aliphatic carbocycles. The van der Waals surface area contributed by atoms with Crippen molar-refractivity contribution >= 4 is 0 Å². The van der Waals surface area contributed by atoms with Crippen molar-refractivity contribution in [3.63, 3.8) is 0 Å². The molecular weight excluding hydrogens is 292 g/mol. The number of nitrogens with zero attached hydrogens (tertiary/aromatic N) is 2. The molecule has 120 valence electrons. The molecule has 1 aromatic rings. The van der Waals surface area contributed by atoms with Gasteiger partial charge in [0.2, 0.25) is 0 Å². The molecular formula is C18H20N2O3. The van der Waals surface area contributed by atoms with Gasteiger partial charge in [0.15, 0.2) is 11.5 Å². The largest absolute Gasteiger partial charge is 0.493 e. The Balaban J connectivity index is 2.00. The van der Waals surface area contributed by atoms with Crippen LogP contribution in [0.4, 0.5) is 0 Å². The minimum atomic E-state index is -0.480. The summed E-state index contributed by atoms with van der Waals surface area (Å²) in [6.45, 7) is 8.44. The lowest BCUT2D eigenvalue weighted by Crippen LogP contribution is -2.42. The number of ether oxygens (including phenoxy) is 2. The number of hydrogen-bond donors (Lipinski definition) is 1. The third kappa shape index (κ3) is 1.85. The van der Waals surface area contributed by atoms with Crippen LogP contribution in [0.15, 0.2) is 24.3 Å². The molecule has 0 saturated heterocycles. The molecule has 4 rings (SSSR count). The second-order valence-electron chi connectivity index (χ2n) is 6.60. The average molecular weight is 312 g/mol. The number of rotatable bonds is 1. The van der Waals surface area contributed by atoms with Gasteiger partial charge in [-0.2, -0.15) is 0 Å². The Kier molecular flexibility index (Phi) is 3.15. The summed E-state index contributed by atoms with van der Waals surface area (Å²) in [5.74, 6) is 1.45. The van der Waals surface area contributed by atoms with E-state index in [2.05, 4.69) is 15.8 Å². The maximum absolute atomic E-state index is 10.0. The van der Waals surface area contributed by atoms with Crippen LogP contribution in [0.2, 0.25) is 0 Å². The molecule has 1 N–H and O–H groups in total. The summed E-state index contributed by atoms with van der Waals surface area (Å²) in [5.41, 5.74) is 1.81. The fourth-order valence-electron chi connectivity index (χ4n) is 4.25. The number of methoxy groups -OCH3 is 1. The standard InChI is InChI=1S/C18H20N2O3/c1-19-17-12-4-5-13(22-3)16-15(12)18(8-9-20(17)2)7-6-11(21)10-14(18)23-16/h4-7,11,14,17,21H,8-10H2,2-3H3/t11-,14+,17?,18+/m1/s1. The summed E-state index contributed by atoms with van der Waals surface area (Å²) in [5, 5.41) is 10.0. The zero-order valence-corrected chi connectivity index (χ0v) is 13.3. The van der Waals surface area contributed by atoms with Gasteiger partial charge < -0.3 is 14.6 Å². The number of aliphatic hydroxyl groups excluding tert-OH is 1.